The topological polar surface area (TPSA) is 78.9 Å². The van der Waals surface area contributed by atoms with Gasteiger partial charge in [0.05, 0.1) is 0 Å². The largest absolute Gasteiger partial charge is 0.462 e. The molecular formula is C73H132O6. The Morgan fingerprint density at radius 1 is 0.266 bits per heavy atom. The third-order valence-corrected chi connectivity index (χ3v) is 15.5. The summed E-state index contributed by atoms with van der Waals surface area (Å²) in [4.78, 5) is 38.1. The van der Waals surface area contributed by atoms with E-state index in [4.69, 9.17) is 14.2 Å². The van der Waals surface area contributed by atoms with E-state index in [1.807, 2.05) is 0 Å². The van der Waals surface area contributed by atoms with Crippen molar-refractivity contribution in [1.29, 1.82) is 0 Å². The van der Waals surface area contributed by atoms with Crippen molar-refractivity contribution in [2.75, 3.05) is 13.2 Å². The number of hydrogen-bond donors (Lipinski definition) is 0. The van der Waals surface area contributed by atoms with Crippen LogP contribution in [0.25, 0.3) is 0 Å². The zero-order valence-corrected chi connectivity index (χ0v) is 52.9. The molecule has 1 atom stereocenters. The molecule has 0 N–H and O–H groups in total. The molecule has 0 saturated carbocycles. The van der Waals surface area contributed by atoms with Gasteiger partial charge in [0.25, 0.3) is 0 Å². The normalized spacial score (nSPS) is 12.4. The van der Waals surface area contributed by atoms with E-state index in [2.05, 4.69) is 81.5 Å². The molecule has 6 heteroatoms. The first-order chi connectivity index (χ1) is 39.0. The van der Waals surface area contributed by atoms with Gasteiger partial charge >= 0.3 is 17.9 Å². The number of esters is 3. The Kier molecular flexibility index (Phi) is 65.1. The van der Waals surface area contributed by atoms with Crippen molar-refractivity contribution in [1.82, 2.24) is 0 Å². The minimum absolute atomic E-state index is 0.0763. The van der Waals surface area contributed by atoms with Crippen LogP contribution in [0.15, 0.2) is 60.8 Å². The van der Waals surface area contributed by atoms with Gasteiger partial charge in [-0.05, 0) is 83.5 Å². The fraction of sp³-hybridized carbons (Fsp3) is 0.822. The maximum absolute atomic E-state index is 12.9. The lowest BCUT2D eigenvalue weighted by Crippen LogP contribution is -2.30. The summed E-state index contributed by atoms with van der Waals surface area (Å²) in [7, 11) is 0. The summed E-state index contributed by atoms with van der Waals surface area (Å²) in [6, 6.07) is 0. The van der Waals surface area contributed by atoms with Crippen LogP contribution in [0.1, 0.15) is 367 Å². The first-order valence-electron chi connectivity index (χ1n) is 34.8. The van der Waals surface area contributed by atoms with Gasteiger partial charge in [-0.25, -0.2) is 0 Å². The van der Waals surface area contributed by atoms with Gasteiger partial charge in [0.1, 0.15) is 13.2 Å². The van der Waals surface area contributed by atoms with Crippen LogP contribution < -0.4 is 0 Å². The van der Waals surface area contributed by atoms with Gasteiger partial charge in [-0.3, -0.25) is 14.4 Å². The van der Waals surface area contributed by atoms with Crippen LogP contribution in [0.5, 0.6) is 0 Å². The van der Waals surface area contributed by atoms with E-state index in [1.54, 1.807) is 0 Å². The zero-order valence-electron chi connectivity index (χ0n) is 52.9. The number of ether oxygens (including phenoxy) is 3. The van der Waals surface area contributed by atoms with Gasteiger partial charge in [-0.2, -0.15) is 0 Å². The number of carbonyl (C=O) groups is 3. The summed E-state index contributed by atoms with van der Waals surface area (Å²) >= 11 is 0. The molecule has 460 valence electrons. The molecule has 0 spiro atoms. The lowest BCUT2D eigenvalue weighted by Gasteiger charge is -2.18. The first kappa shape index (κ1) is 76.1. The van der Waals surface area contributed by atoms with Crippen molar-refractivity contribution in [3.63, 3.8) is 0 Å². The van der Waals surface area contributed by atoms with Gasteiger partial charge in [-0.1, -0.05) is 326 Å². The zero-order chi connectivity index (χ0) is 57.1. The Bertz CT molecular complexity index is 1410. The van der Waals surface area contributed by atoms with Crippen molar-refractivity contribution >= 4 is 17.9 Å². The summed E-state index contributed by atoms with van der Waals surface area (Å²) in [5.41, 5.74) is 0. The smallest absolute Gasteiger partial charge is 0.306 e. The molecule has 0 aliphatic heterocycles. The molecule has 0 fully saturated rings. The van der Waals surface area contributed by atoms with Crippen molar-refractivity contribution in [2.45, 2.75) is 374 Å². The Balaban J connectivity index is 3.96. The highest BCUT2D eigenvalue weighted by Crippen LogP contribution is 2.18. The molecule has 0 aliphatic rings. The standard InChI is InChI=1S/C73H132O6/c1-4-7-10-13-16-18-20-22-24-26-28-29-30-31-32-33-34-35-36-37-38-39-40-41-42-43-45-46-48-50-52-54-57-60-63-66-72(75)78-69-70(68-77-71(74)65-62-59-56-15-12-9-6-3)79-73(76)67-64-61-58-55-53-51-49-47-44-27-25-23-21-19-17-14-11-8-5-2/h8,11,17,19,23,25-26,28,44,47,70H,4-7,9-10,12-16,18,20-22,24,27,29-43,45-46,48-69H2,1-3H3/b11-8-,19-17-,25-23-,28-26-,47-44-. The molecular weight excluding hydrogens is 973 g/mol. The fourth-order valence-electron chi connectivity index (χ4n) is 10.3. The van der Waals surface area contributed by atoms with Crippen molar-refractivity contribution in [3.8, 4) is 0 Å². The first-order valence-corrected chi connectivity index (χ1v) is 34.8. The predicted octanol–water partition coefficient (Wildman–Crippen LogP) is 23.9. The van der Waals surface area contributed by atoms with Crippen LogP contribution in [0.4, 0.5) is 0 Å². The van der Waals surface area contributed by atoms with Crippen LogP contribution >= 0.6 is 0 Å². The Hall–Kier alpha value is -2.89. The minimum Gasteiger partial charge on any atom is -0.462 e. The van der Waals surface area contributed by atoms with Gasteiger partial charge in [0.15, 0.2) is 6.10 Å². The van der Waals surface area contributed by atoms with E-state index in [1.165, 1.54) is 231 Å². The molecule has 0 aromatic heterocycles. The summed E-state index contributed by atoms with van der Waals surface area (Å²) in [5.74, 6) is -0.880. The van der Waals surface area contributed by atoms with Crippen LogP contribution in [0.2, 0.25) is 0 Å². The van der Waals surface area contributed by atoms with E-state index < -0.39 is 6.10 Å². The molecule has 0 amide bonds. The third-order valence-electron chi connectivity index (χ3n) is 15.5. The second kappa shape index (κ2) is 67.6. The van der Waals surface area contributed by atoms with Crippen LogP contribution in [-0.2, 0) is 28.6 Å². The number of carbonyl (C=O) groups excluding carboxylic acids is 3. The van der Waals surface area contributed by atoms with Gasteiger partial charge < -0.3 is 14.2 Å². The van der Waals surface area contributed by atoms with E-state index in [0.717, 1.165) is 96.3 Å². The Morgan fingerprint density at radius 2 is 0.494 bits per heavy atom. The maximum atomic E-state index is 12.9. The second-order valence-electron chi connectivity index (χ2n) is 23.4. The molecule has 6 nitrogen and oxygen atoms in total. The quantitative estimate of drug-likeness (QED) is 0.0261. The molecule has 0 saturated heterocycles. The Morgan fingerprint density at radius 3 is 0.785 bits per heavy atom. The van der Waals surface area contributed by atoms with E-state index in [9.17, 15) is 14.4 Å². The summed E-state index contributed by atoms with van der Waals surface area (Å²) in [6.45, 7) is 6.52. The molecule has 0 aromatic rings. The van der Waals surface area contributed by atoms with E-state index in [-0.39, 0.29) is 31.1 Å². The number of hydrogen-bond acceptors (Lipinski definition) is 6. The highest BCUT2D eigenvalue weighted by molar-refractivity contribution is 5.71. The van der Waals surface area contributed by atoms with Crippen molar-refractivity contribution < 1.29 is 28.6 Å². The summed E-state index contributed by atoms with van der Waals surface area (Å²) < 4.78 is 16.8. The third kappa shape index (κ3) is 65.8. The van der Waals surface area contributed by atoms with Gasteiger partial charge in [0.2, 0.25) is 0 Å². The van der Waals surface area contributed by atoms with E-state index >= 15 is 0 Å². The van der Waals surface area contributed by atoms with Crippen LogP contribution in [-0.4, -0.2) is 37.2 Å². The number of allylic oxidation sites excluding steroid dienone is 10. The fourth-order valence-corrected chi connectivity index (χ4v) is 10.3. The van der Waals surface area contributed by atoms with Crippen molar-refractivity contribution in [3.05, 3.63) is 60.8 Å². The number of unbranched alkanes of at least 4 members (excludes halogenated alkanes) is 43. The van der Waals surface area contributed by atoms with E-state index in [0.29, 0.717) is 19.3 Å². The summed E-state index contributed by atoms with van der Waals surface area (Å²) in [6.07, 6.45) is 87.3. The Labute approximate surface area is 491 Å². The predicted molar refractivity (Wildman–Crippen MR) is 344 cm³/mol. The average Bonchev–Trinajstić information content (AvgIpc) is 3.45. The molecule has 0 radical (unpaired) electrons. The lowest BCUT2D eigenvalue weighted by molar-refractivity contribution is -0.167. The summed E-state index contributed by atoms with van der Waals surface area (Å²) in [5, 5.41) is 0. The average molecular weight is 1110 g/mol. The second-order valence-corrected chi connectivity index (χ2v) is 23.4. The van der Waals surface area contributed by atoms with Gasteiger partial charge in [0, 0.05) is 19.3 Å². The highest BCUT2D eigenvalue weighted by Gasteiger charge is 2.19. The molecule has 0 heterocycles. The monoisotopic (exact) mass is 1110 g/mol. The number of rotatable bonds is 64. The SMILES string of the molecule is CC/C=C\C/C=C\C/C=C\C/C=C\CCCCCCCCC(=O)OC(COC(=O)CCCCCCCCC)COC(=O)CCCCCCCCCCCCCCCCCCCCCCCCC/C=C\CCCCCCCCCC. The highest BCUT2D eigenvalue weighted by atomic mass is 16.6. The van der Waals surface area contributed by atoms with Crippen molar-refractivity contribution in [2.24, 2.45) is 0 Å². The molecule has 0 aromatic carbocycles. The van der Waals surface area contributed by atoms with Crippen LogP contribution in [0, 0.1) is 0 Å². The molecule has 1 unspecified atom stereocenters. The van der Waals surface area contributed by atoms with Crippen LogP contribution in [0.3, 0.4) is 0 Å². The maximum Gasteiger partial charge on any atom is 0.306 e. The molecule has 79 heavy (non-hydrogen) atoms. The molecule has 0 rings (SSSR count). The lowest BCUT2D eigenvalue weighted by atomic mass is 10.0. The molecule has 0 aliphatic carbocycles. The minimum atomic E-state index is -0.778. The molecule has 0 bridgehead atoms. The van der Waals surface area contributed by atoms with Gasteiger partial charge in [-0.15, -0.1) is 0 Å².